The molecule has 1 fully saturated rings. The van der Waals surface area contributed by atoms with E-state index in [1.165, 1.54) is 5.57 Å². The van der Waals surface area contributed by atoms with Crippen LogP contribution in [-0.2, 0) is 9.16 Å². The Bertz CT molecular complexity index is 557. The van der Waals surface area contributed by atoms with Gasteiger partial charge in [0.1, 0.15) is 6.10 Å². The van der Waals surface area contributed by atoms with E-state index in [0.717, 1.165) is 43.4 Å². The summed E-state index contributed by atoms with van der Waals surface area (Å²) in [4.78, 5) is 0. The number of rotatable bonds is 11. The van der Waals surface area contributed by atoms with Crippen LogP contribution in [0.25, 0.3) is 0 Å². The van der Waals surface area contributed by atoms with E-state index in [4.69, 9.17) is 9.16 Å². The quantitative estimate of drug-likeness (QED) is 0.223. The lowest BCUT2D eigenvalue weighted by Crippen LogP contribution is -2.56. The Morgan fingerprint density at radius 1 is 1.17 bits per heavy atom. The Labute approximate surface area is 182 Å². The van der Waals surface area contributed by atoms with Crippen molar-refractivity contribution >= 4 is 16.4 Å². The number of aliphatic hydroxyl groups is 1. The van der Waals surface area contributed by atoms with Crippen molar-refractivity contribution in [1.29, 1.82) is 0 Å². The van der Waals surface area contributed by atoms with E-state index >= 15 is 0 Å². The molecule has 1 saturated heterocycles. The highest BCUT2D eigenvalue weighted by Crippen LogP contribution is 2.49. The van der Waals surface area contributed by atoms with Crippen molar-refractivity contribution in [2.24, 2.45) is 11.8 Å². The van der Waals surface area contributed by atoms with Gasteiger partial charge in [-0.1, -0.05) is 65.9 Å². The molecule has 0 radical (unpaired) electrons. The number of epoxide rings is 1. The van der Waals surface area contributed by atoms with Crippen LogP contribution in [0.3, 0.4) is 0 Å². The van der Waals surface area contributed by atoms with Crippen molar-refractivity contribution in [2.45, 2.75) is 129 Å². The van der Waals surface area contributed by atoms with Gasteiger partial charge >= 0.3 is 0 Å². The second-order valence-corrected chi connectivity index (χ2v) is 21.6. The predicted molar refractivity (Wildman–Crippen MR) is 130 cm³/mol. The molecule has 2 rings (SSSR count). The molecule has 0 saturated carbocycles. The lowest BCUT2D eigenvalue weighted by Gasteiger charge is -2.46. The summed E-state index contributed by atoms with van der Waals surface area (Å²) < 4.78 is 13.2. The predicted octanol–water partition coefficient (Wildman–Crippen LogP) is 6.62. The normalized spacial score (nSPS) is 30.2. The standard InChI is InChI=1S/C24H48O3Si2/c1-10-29(11-2,12-3)27-21-16-19(6)13-14-20(21)24(25,17-28(7,8)9)23-22(26-23)15-18(4)5/h16,18,20-23,25H,10-15,17H2,1-9H3/t20-,21+,22+,23-,24?/m0/s1. The molecule has 170 valence electrons. The average molecular weight is 441 g/mol. The van der Waals surface area contributed by atoms with Crippen molar-refractivity contribution in [1.82, 2.24) is 0 Å². The highest BCUT2D eigenvalue weighted by Gasteiger charge is 2.60. The molecular weight excluding hydrogens is 392 g/mol. The summed E-state index contributed by atoms with van der Waals surface area (Å²) in [5.41, 5.74) is 0.657. The van der Waals surface area contributed by atoms with Crippen LogP contribution in [0.2, 0.25) is 43.8 Å². The molecule has 3 nitrogen and oxygen atoms in total. The molecule has 29 heavy (non-hydrogen) atoms. The van der Waals surface area contributed by atoms with Crippen LogP contribution < -0.4 is 0 Å². The van der Waals surface area contributed by atoms with Gasteiger partial charge in [0.05, 0.1) is 17.8 Å². The van der Waals surface area contributed by atoms with Crippen LogP contribution in [0.4, 0.5) is 0 Å². The zero-order valence-corrected chi connectivity index (χ0v) is 22.7. The number of ether oxygens (including phenoxy) is 1. The third-order valence-corrected chi connectivity index (χ3v) is 13.5. The first-order valence-electron chi connectivity index (χ1n) is 12.1. The lowest BCUT2D eigenvalue weighted by molar-refractivity contribution is -0.0658. The van der Waals surface area contributed by atoms with Crippen molar-refractivity contribution in [2.75, 3.05) is 0 Å². The van der Waals surface area contributed by atoms with Crippen molar-refractivity contribution in [3.63, 3.8) is 0 Å². The zero-order valence-electron chi connectivity index (χ0n) is 20.7. The van der Waals surface area contributed by atoms with Crippen LogP contribution in [-0.4, -0.2) is 45.4 Å². The average Bonchev–Trinajstić information content (AvgIpc) is 3.37. The summed E-state index contributed by atoms with van der Waals surface area (Å²) in [6, 6.07) is 4.35. The Morgan fingerprint density at radius 3 is 2.24 bits per heavy atom. The SMILES string of the molecule is CC[Si](CC)(CC)O[C@@H]1C=C(C)CC[C@@H]1C(O)(C[Si](C)(C)C)[C@H]1O[C@@H]1CC(C)C. The van der Waals surface area contributed by atoms with Crippen LogP contribution in [0, 0.1) is 11.8 Å². The minimum atomic E-state index is -1.76. The molecule has 1 aliphatic carbocycles. The topological polar surface area (TPSA) is 42.0 Å². The summed E-state index contributed by atoms with van der Waals surface area (Å²) in [6.07, 6.45) is 5.73. The zero-order chi connectivity index (χ0) is 22.0. The van der Waals surface area contributed by atoms with Gasteiger partial charge in [-0.05, 0) is 56.3 Å². The molecule has 5 atom stereocenters. The second-order valence-electron chi connectivity index (χ2n) is 11.4. The monoisotopic (exact) mass is 440 g/mol. The van der Waals surface area contributed by atoms with E-state index in [2.05, 4.69) is 67.3 Å². The van der Waals surface area contributed by atoms with Gasteiger partial charge in [-0.3, -0.25) is 0 Å². The van der Waals surface area contributed by atoms with E-state index < -0.39 is 22.0 Å². The molecule has 0 bridgehead atoms. The van der Waals surface area contributed by atoms with E-state index in [9.17, 15) is 5.11 Å². The molecule has 0 spiro atoms. The van der Waals surface area contributed by atoms with Crippen LogP contribution >= 0.6 is 0 Å². The summed E-state index contributed by atoms with van der Waals surface area (Å²) >= 11 is 0. The van der Waals surface area contributed by atoms with Gasteiger partial charge in [-0.25, -0.2) is 0 Å². The van der Waals surface area contributed by atoms with E-state index in [1.54, 1.807) is 0 Å². The van der Waals surface area contributed by atoms with Gasteiger partial charge in [0, 0.05) is 14.0 Å². The van der Waals surface area contributed by atoms with Gasteiger partial charge in [0.15, 0.2) is 8.32 Å². The Morgan fingerprint density at radius 2 is 1.76 bits per heavy atom. The lowest BCUT2D eigenvalue weighted by atomic mass is 9.74. The number of hydrogen-bond acceptors (Lipinski definition) is 3. The molecule has 5 heteroatoms. The first-order chi connectivity index (χ1) is 13.4. The van der Waals surface area contributed by atoms with E-state index in [1.807, 2.05) is 0 Å². The molecule has 0 aromatic rings. The Hall–Kier alpha value is 0.0538. The van der Waals surface area contributed by atoms with Gasteiger partial charge in [0.25, 0.3) is 0 Å². The summed E-state index contributed by atoms with van der Waals surface area (Å²) in [5, 5.41) is 12.3. The molecular formula is C24H48O3Si2. The Kier molecular flexibility index (Phi) is 8.45. The van der Waals surface area contributed by atoms with Crippen molar-refractivity contribution in [3.05, 3.63) is 11.6 Å². The molecule has 0 aromatic carbocycles. The van der Waals surface area contributed by atoms with Gasteiger partial charge in [-0.15, -0.1) is 0 Å². The highest BCUT2D eigenvalue weighted by atomic mass is 28.4. The third-order valence-electron chi connectivity index (χ3n) is 7.25. The van der Waals surface area contributed by atoms with Crippen LogP contribution in [0.5, 0.6) is 0 Å². The van der Waals surface area contributed by atoms with Gasteiger partial charge in [0.2, 0.25) is 0 Å². The maximum atomic E-state index is 12.3. The smallest absolute Gasteiger partial charge is 0.192 e. The molecule has 1 unspecified atom stereocenters. The fourth-order valence-corrected chi connectivity index (χ4v) is 10.5. The van der Waals surface area contributed by atoms with Gasteiger partial charge < -0.3 is 14.3 Å². The van der Waals surface area contributed by atoms with Crippen LogP contribution in [0.1, 0.15) is 60.8 Å². The molecule has 1 aliphatic heterocycles. The van der Waals surface area contributed by atoms with E-state index in [-0.39, 0.29) is 24.2 Å². The third kappa shape index (κ3) is 6.28. The molecule has 1 heterocycles. The second kappa shape index (κ2) is 9.68. The summed E-state index contributed by atoms with van der Waals surface area (Å²) in [5.74, 6) is 0.749. The van der Waals surface area contributed by atoms with Gasteiger partial charge in [-0.2, -0.15) is 0 Å². The first kappa shape index (κ1) is 25.3. The number of allylic oxidation sites excluding steroid dienone is 1. The minimum Gasteiger partial charge on any atom is -0.410 e. The van der Waals surface area contributed by atoms with Crippen LogP contribution in [0.15, 0.2) is 11.6 Å². The highest BCUT2D eigenvalue weighted by molar-refractivity contribution is 6.76. The summed E-state index contributed by atoms with van der Waals surface area (Å²) in [7, 11) is -3.25. The molecule has 2 aliphatic rings. The first-order valence-corrected chi connectivity index (χ1v) is 18.4. The minimum absolute atomic E-state index is 0.0134. The largest absolute Gasteiger partial charge is 0.410 e. The molecule has 0 amide bonds. The molecule has 1 N–H and O–H groups in total. The van der Waals surface area contributed by atoms with Crippen molar-refractivity contribution < 1.29 is 14.3 Å². The fraction of sp³-hybridized carbons (Fsp3) is 0.917. The fourth-order valence-electron chi connectivity index (χ4n) is 5.49. The van der Waals surface area contributed by atoms with Crippen molar-refractivity contribution in [3.8, 4) is 0 Å². The maximum Gasteiger partial charge on any atom is 0.192 e. The maximum absolute atomic E-state index is 12.3. The number of hydrogen-bond donors (Lipinski definition) is 1. The van der Waals surface area contributed by atoms with E-state index in [0.29, 0.717) is 5.92 Å². The summed E-state index contributed by atoms with van der Waals surface area (Å²) in [6.45, 7) is 20.7. The Balaban J connectivity index is 2.36. The molecule has 0 aromatic heterocycles.